The van der Waals surface area contributed by atoms with E-state index in [9.17, 15) is 4.79 Å². The molecule has 1 rings (SSSR count). The number of epoxide rings is 1. The predicted molar refractivity (Wildman–Crippen MR) is 40.4 cm³/mol. The molecule has 62 valence electrons. The maximum atomic E-state index is 10.4. The maximum Gasteiger partial charge on any atom is 0.155 e. The molecule has 1 unspecified atom stereocenters. The highest BCUT2D eigenvalue weighted by Gasteiger charge is 2.21. The molecule has 0 radical (unpaired) electrons. The van der Waals surface area contributed by atoms with Gasteiger partial charge in [-0.2, -0.15) is 0 Å². The van der Waals surface area contributed by atoms with Gasteiger partial charge in [-0.3, -0.25) is 4.79 Å². The largest absolute Gasteiger partial charge is 0.512 e. The SMILES string of the molecule is CC(=O)C=C(O)CCC1CO1. The average molecular weight is 156 g/mol. The number of aliphatic hydroxyl groups is 1. The van der Waals surface area contributed by atoms with Gasteiger partial charge < -0.3 is 9.84 Å². The Hall–Kier alpha value is -0.830. The van der Waals surface area contributed by atoms with Crippen molar-refractivity contribution in [1.82, 2.24) is 0 Å². The molecule has 1 aliphatic heterocycles. The molecule has 0 aliphatic carbocycles. The van der Waals surface area contributed by atoms with Crippen LogP contribution < -0.4 is 0 Å². The molecule has 1 heterocycles. The van der Waals surface area contributed by atoms with E-state index in [1.54, 1.807) is 0 Å². The van der Waals surface area contributed by atoms with Crippen LogP contribution in [0.25, 0.3) is 0 Å². The second-order valence-electron chi connectivity index (χ2n) is 2.74. The van der Waals surface area contributed by atoms with Gasteiger partial charge in [-0.15, -0.1) is 0 Å². The van der Waals surface area contributed by atoms with Crippen molar-refractivity contribution in [1.29, 1.82) is 0 Å². The van der Waals surface area contributed by atoms with Crippen molar-refractivity contribution >= 4 is 5.78 Å². The minimum atomic E-state index is -0.112. The zero-order valence-electron chi connectivity index (χ0n) is 6.54. The second-order valence-corrected chi connectivity index (χ2v) is 2.74. The monoisotopic (exact) mass is 156 g/mol. The molecular formula is C8H12O3. The zero-order chi connectivity index (χ0) is 8.27. The first-order valence-electron chi connectivity index (χ1n) is 3.70. The summed E-state index contributed by atoms with van der Waals surface area (Å²) in [5.74, 6) is 0.0483. The topological polar surface area (TPSA) is 49.8 Å². The molecule has 0 saturated carbocycles. The summed E-state index contributed by atoms with van der Waals surface area (Å²) >= 11 is 0. The highest BCUT2D eigenvalue weighted by Crippen LogP contribution is 2.17. The van der Waals surface area contributed by atoms with Crippen LogP contribution in [0.15, 0.2) is 11.8 Å². The van der Waals surface area contributed by atoms with Crippen molar-refractivity contribution in [3.8, 4) is 0 Å². The van der Waals surface area contributed by atoms with Gasteiger partial charge >= 0.3 is 0 Å². The molecule has 1 atom stereocenters. The van der Waals surface area contributed by atoms with Gasteiger partial charge in [0, 0.05) is 12.5 Å². The first-order chi connectivity index (χ1) is 5.18. The number of allylic oxidation sites excluding steroid dienone is 2. The number of ketones is 1. The van der Waals surface area contributed by atoms with Gasteiger partial charge in [0.25, 0.3) is 0 Å². The average Bonchev–Trinajstić information content (AvgIpc) is 2.63. The lowest BCUT2D eigenvalue weighted by atomic mass is 10.2. The second kappa shape index (κ2) is 3.53. The van der Waals surface area contributed by atoms with Gasteiger partial charge in [0.15, 0.2) is 5.78 Å². The predicted octanol–water partition coefficient (Wildman–Crippen LogP) is 1.20. The van der Waals surface area contributed by atoms with Crippen molar-refractivity contribution < 1.29 is 14.6 Å². The Labute approximate surface area is 65.7 Å². The van der Waals surface area contributed by atoms with Crippen molar-refractivity contribution in [3.05, 3.63) is 11.8 Å². The first kappa shape index (κ1) is 8.27. The van der Waals surface area contributed by atoms with Gasteiger partial charge in [0.05, 0.1) is 18.5 Å². The van der Waals surface area contributed by atoms with E-state index in [4.69, 9.17) is 9.84 Å². The Balaban J connectivity index is 2.17. The van der Waals surface area contributed by atoms with Gasteiger partial charge in [-0.1, -0.05) is 0 Å². The Kier molecular flexibility index (Phi) is 2.65. The third-order valence-corrected chi connectivity index (χ3v) is 1.49. The summed E-state index contributed by atoms with van der Waals surface area (Å²) < 4.78 is 4.94. The van der Waals surface area contributed by atoms with Crippen LogP contribution in [0.3, 0.4) is 0 Å². The van der Waals surface area contributed by atoms with Crippen LogP contribution in [0.1, 0.15) is 19.8 Å². The number of ether oxygens (including phenoxy) is 1. The molecular weight excluding hydrogens is 144 g/mol. The third kappa shape index (κ3) is 3.78. The molecule has 1 fully saturated rings. The van der Waals surface area contributed by atoms with Crippen molar-refractivity contribution in [3.63, 3.8) is 0 Å². The lowest BCUT2D eigenvalue weighted by Crippen LogP contribution is -1.91. The smallest absolute Gasteiger partial charge is 0.155 e. The Bertz CT molecular complexity index is 180. The highest BCUT2D eigenvalue weighted by molar-refractivity contribution is 5.87. The van der Waals surface area contributed by atoms with Crippen LogP contribution in [0.4, 0.5) is 0 Å². The van der Waals surface area contributed by atoms with Crippen LogP contribution in [0, 0.1) is 0 Å². The minimum Gasteiger partial charge on any atom is -0.512 e. The molecule has 0 bridgehead atoms. The van der Waals surface area contributed by atoms with Crippen molar-refractivity contribution in [2.45, 2.75) is 25.9 Å². The van der Waals surface area contributed by atoms with Gasteiger partial charge in [0.1, 0.15) is 0 Å². The molecule has 1 aliphatic rings. The summed E-state index contributed by atoms with van der Waals surface area (Å²) in [5, 5.41) is 9.08. The van der Waals surface area contributed by atoms with Crippen molar-refractivity contribution in [2.75, 3.05) is 6.61 Å². The molecule has 0 amide bonds. The van der Waals surface area contributed by atoms with E-state index in [1.807, 2.05) is 0 Å². The lowest BCUT2D eigenvalue weighted by molar-refractivity contribution is -0.112. The molecule has 0 aromatic carbocycles. The van der Waals surface area contributed by atoms with Crippen LogP contribution in [0.2, 0.25) is 0 Å². The standard InChI is InChI=1S/C8H12O3/c1-6(9)4-7(10)2-3-8-5-11-8/h4,8,10H,2-3,5H2,1H3. The van der Waals surface area contributed by atoms with E-state index < -0.39 is 0 Å². The van der Waals surface area contributed by atoms with Gasteiger partial charge in [-0.05, 0) is 13.3 Å². The molecule has 0 spiro atoms. The molecule has 11 heavy (non-hydrogen) atoms. The normalized spacial score (nSPS) is 23.4. The number of hydrogen-bond acceptors (Lipinski definition) is 3. The molecule has 3 heteroatoms. The molecule has 1 saturated heterocycles. The van der Waals surface area contributed by atoms with E-state index in [1.165, 1.54) is 13.0 Å². The van der Waals surface area contributed by atoms with Gasteiger partial charge in [-0.25, -0.2) is 0 Å². The minimum absolute atomic E-state index is 0.112. The third-order valence-electron chi connectivity index (χ3n) is 1.49. The summed E-state index contributed by atoms with van der Waals surface area (Å²) in [4.78, 5) is 10.4. The van der Waals surface area contributed by atoms with Gasteiger partial charge in [0.2, 0.25) is 0 Å². The molecule has 1 N–H and O–H groups in total. The van der Waals surface area contributed by atoms with E-state index in [-0.39, 0.29) is 11.5 Å². The molecule has 3 nitrogen and oxygen atoms in total. The summed E-state index contributed by atoms with van der Waals surface area (Å²) in [6, 6.07) is 0. The Morgan fingerprint density at radius 1 is 1.82 bits per heavy atom. The summed E-state index contributed by atoms with van der Waals surface area (Å²) in [6.45, 7) is 2.22. The number of carbonyl (C=O) groups excluding carboxylic acids is 1. The van der Waals surface area contributed by atoms with Crippen molar-refractivity contribution in [2.24, 2.45) is 0 Å². The summed E-state index contributed by atoms with van der Waals surface area (Å²) in [5.41, 5.74) is 0. The maximum absolute atomic E-state index is 10.4. The summed E-state index contributed by atoms with van der Waals surface area (Å²) in [7, 11) is 0. The van der Waals surface area contributed by atoms with E-state index in [2.05, 4.69) is 0 Å². The first-order valence-corrected chi connectivity index (χ1v) is 3.70. The fraction of sp³-hybridized carbons (Fsp3) is 0.625. The summed E-state index contributed by atoms with van der Waals surface area (Å²) in [6.07, 6.45) is 2.93. The van der Waals surface area contributed by atoms with Crippen LogP contribution in [-0.4, -0.2) is 23.6 Å². The number of carbonyl (C=O) groups is 1. The Morgan fingerprint density at radius 3 is 2.91 bits per heavy atom. The van der Waals surface area contributed by atoms with Crippen LogP contribution in [0.5, 0.6) is 0 Å². The number of hydrogen-bond donors (Lipinski definition) is 1. The highest BCUT2D eigenvalue weighted by atomic mass is 16.6. The fourth-order valence-corrected chi connectivity index (χ4v) is 0.850. The lowest BCUT2D eigenvalue weighted by Gasteiger charge is -1.94. The molecule has 0 aromatic heterocycles. The van der Waals surface area contributed by atoms with E-state index >= 15 is 0 Å². The number of rotatable bonds is 4. The fourth-order valence-electron chi connectivity index (χ4n) is 0.850. The molecule has 0 aromatic rings. The van der Waals surface area contributed by atoms with Crippen LogP contribution >= 0.6 is 0 Å². The van der Waals surface area contributed by atoms with E-state index in [0.717, 1.165) is 13.0 Å². The van der Waals surface area contributed by atoms with E-state index in [0.29, 0.717) is 12.5 Å². The van der Waals surface area contributed by atoms with Crippen LogP contribution in [-0.2, 0) is 9.53 Å². The quantitative estimate of drug-likeness (QED) is 0.378. The Morgan fingerprint density at radius 2 is 2.45 bits per heavy atom. The number of aliphatic hydroxyl groups excluding tert-OH is 1. The zero-order valence-corrected chi connectivity index (χ0v) is 6.54.